The summed E-state index contributed by atoms with van der Waals surface area (Å²) in [5.74, 6) is 5.57. The molecule has 8 nitrogen and oxygen atoms in total. The summed E-state index contributed by atoms with van der Waals surface area (Å²) in [5, 5.41) is 7.76. The van der Waals surface area contributed by atoms with E-state index in [1.54, 1.807) is 16.8 Å². The summed E-state index contributed by atoms with van der Waals surface area (Å²) in [4.78, 5) is 19.7. The van der Waals surface area contributed by atoms with Crippen molar-refractivity contribution in [3.63, 3.8) is 0 Å². The topological polar surface area (TPSA) is 115 Å². The SMILES string of the molecule is NNc1nccc(Sc2n[nH]c(=O)n2C2CC2)n1. The van der Waals surface area contributed by atoms with Crippen LogP contribution in [0.15, 0.2) is 27.2 Å². The molecule has 0 atom stereocenters. The summed E-state index contributed by atoms with van der Waals surface area (Å²) in [6.07, 6.45) is 3.63. The van der Waals surface area contributed by atoms with Crippen molar-refractivity contribution in [3.05, 3.63) is 22.7 Å². The van der Waals surface area contributed by atoms with Crippen molar-refractivity contribution in [1.29, 1.82) is 0 Å². The van der Waals surface area contributed by atoms with Crippen molar-refractivity contribution >= 4 is 17.7 Å². The van der Waals surface area contributed by atoms with E-state index in [-0.39, 0.29) is 11.7 Å². The molecule has 2 aromatic rings. The first-order chi connectivity index (χ1) is 8.78. The van der Waals surface area contributed by atoms with Crippen LogP contribution >= 0.6 is 11.8 Å². The van der Waals surface area contributed by atoms with Gasteiger partial charge in [0, 0.05) is 12.2 Å². The van der Waals surface area contributed by atoms with Crippen molar-refractivity contribution < 1.29 is 0 Å². The Morgan fingerprint density at radius 3 is 3.11 bits per heavy atom. The number of aromatic nitrogens is 5. The number of H-pyrrole nitrogens is 1. The third kappa shape index (κ3) is 2.09. The molecule has 2 aromatic heterocycles. The minimum atomic E-state index is -0.175. The van der Waals surface area contributed by atoms with E-state index in [9.17, 15) is 4.79 Å². The van der Waals surface area contributed by atoms with Gasteiger partial charge in [-0.3, -0.25) is 9.99 Å². The average molecular weight is 265 g/mol. The Kier molecular flexibility index (Phi) is 2.76. The van der Waals surface area contributed by atoms with Crippen LogP contribution < -0.4 is 17.0 Å². The second-order valence-corrected chi connectivity index (χ2v) is 4.86. The minimum absolute atomic E-state index is 0.175. The van der Waals surface area contributed by atoms with Gasteiger partial charge in [0.15, 0.2) is 5.16 Å². The maximum absolute atomic E-state index is 11.6. The van der Waals surface area contributed by atoms with Crippen LogP contribution in [0.5, 0.6) is 0 Å². The Bertz CT molecular complexity index is 617. The number of hydrogen-bond acceptors (Lipinski definition) is 7. The van der Waals surface area contributed by atoms with Crippen LogP contribution in [-0.2, 0) is 0 Å². The Morgan fingerprint density at radius 1 is 1.56 bits per heavy atom. The Labute approximate surface area is 106 Å². The van der Waals surface area contributed by atoms with Gasteiger partial charge in [0.1, 0.15) is 5.03 Å². The lowest BCUT2D eigenvalue weighted by Gasteiger charge is -2.03. The standard InChI is InChI=1S/C9H11N7OS/c10-13-7-11-4-3-6(12-7)18-9-15-14-8(17)16(9)5-1-2-5/h3-5H,1-2,10H2,(H,14,17)(H,11,12,13). The molecule has 1 saturated carbocycles. The molecule has 1 fully saturated rings. The lowest BCUT2D eigenvalue weighted by Crippen LogP contribution is -2.16. The number of hydrazine groups is 1. The summed E-state index contributed by atoms with van der Waals surface area (Å²) in [6, 6.07) is 2.01. The number of aromatic amines is 1. The molecule has 0 spiro atoms. The third-order valence-electron chi connectivity index (χ3n) is 2.54. The first-order valence-electron chi connectivity index (χ1n) is 5.42. The highest BCUT2D eigenvalue weighted by Crippen LogP contribution is 2.37. The van der Waals surface area contributed by atoms with E-state index in [1.165, 1.54) is 11.8 Å². The fourth-order valence-corrected chi connectivity index (χ4v) is 2.45. The summed E-state index contributed by atoms with van der Waals surface area (Å²) < 4.78 is 1.67. The van der Waals surface area contributed by atoms with Gasteiger partial charge >= 0.3 is 5.69 Å². The molecule has 1 aliphatic rings. The summed E-state index contributed by atoms with van der Waals surface area (Å²) in [5.41, 5.74) is 2.20. The molecule has 0 bridgehead atoms. The number of nitrogen functional groups attached to an aromatic ring is 1. The number of nitrogens with zero attached hydrogens (tertiary/aromatic N) is 4. The highest BCUT2D eigenvalue weighted by Gasteiger charge is 2.28. The van der Waals surface area contributed by atoms with E-state index in [0.717, 1.165) is 12.8 Å². The molecule has 3 rings (SSSR count). The normalized spacial score (nSPS) is 14.7. The zero-order valence-electron chi connectivity index (χ0n) is 9.33. The molecule has 0 saturated heterocycles. The molecule has 0 aromatic carbocycles. The van der Waals surface area contributed by atoms with Gasteiger partial charge in [0.25, 0.3) is 0 Å². The Balaban J connectivity index is 1.89. The maximum atomic E-state index is 11.6. The smallest absolute Gasteiger partial charge is 0.292 e. The molecule has 94 valence electrons. The van der Waals surface area contributed by atoms with Gasteiger partial charge in [-0.05, 0) is 30.7 Å². The number of nitrogens with one attached hydrogen (secondary N) is 2. The fraction of sp³-hybridized carbons (Fsp3) is 0.333. The molecular formula is C9H11N7OS. The van der Waals surface area contributed by atoms with E-state index < -0.39 is 0 Å². The second kappa shape index (κ2) is 4.42. The van der Waals surface area contributed by atoms with Crippen molar-refractivity contribution in [1.82, 2.24) is 24.7 Å². The molecule has 18 heavy (non-hydrogen) atoms. The predicted octanol–water partition coefficient (Wildman–Crippen LogP) is 0.133. The molecule has 0 aliphatic heterocycles. The van der Waals surface area contributed by atoms with E-state index >= 15 is 0 Å². The van der Waals surface area contributed by atoms with Gasteiger partial charge in [-0.1, -0.05) is 0 Å². The molecule has 0 radical (unpaired) electrons. The second-order valence-electron chi connectivity index (χ2n) is 3.88. The van der Waals surface area contributed by atoms with Crippen LogP contribution in [-0.4, -0.2) is 24.7 Å². The van der Waals surface area contributed by atoms with Crippen LogP contribution in [0.4, 0.5) is 5.95 Å². The van der Waals surface area contributed by atoms with Crippen molar-refractivity contribution in [2.24, 2.45) is 5.84 Å². The summed E-state index contributed by atoms with van der Waals surface area (Å²) in [7, 11) is 0. The largest absolute Gasteiger partial charge is 0.344 e. The third-order valence-corrected chi connectivity index (χ3v) is 3.45. The lowest BCUT2D eigenvalue weighted by molar-refractivity contribution is 0.642. The molecule has 0 amide bonds. The Hall–Kier alpha value is -1.87. The molecule has 4 N–H and O–H groups in total. The molecule has 1 aliphatic carbocycles. The van der Waals surface area contributed by atoms with Crippen molar-refractivity contribution in [2.75, 3.05) is 5.43 Å². The van der Waals surface area contributed by atoms with Crippen LogP contribution in [0.25, 0.3) is 0 Å². The van der Waals surface area contributed by atoms with Gasteiger partial charge in [-0.15, -0.1) is 5.10 Å². The van der Waals surface area contributed by atoms with Crippen LogP contribution in [0.2, 0.25) is 0 Å². The van der Waals surface area contributed by atoms with Gasteiger partial charge in [-0.25, -0.2) is 25.7 Å². The number of hydrogen-bond donors (Lipinski definition) is 3. The van der Waals surface area contributed by atoms with Gasteiger partial charge in [-0.2, -0.15) is 0 Å². The predicted molar refractivity (Wildman–Crippen MR) is 65.1 cm³/mol. The monoisotopic (exact) mass is 265 g/mol. The highest BCUT2D eigenvalue weighted by atomic mass is 32.2. The van der Waals surface area contributed by atoms with E-state index in [1.807, 2.05) is 0 Å². The zero-order valence-corrected chi connectivity index (χ0v) is 10.1. The van der Waals surface area contributed by atoms with E-state index in [4.69, 9.17) is 5.84 Å². The van der Waals surface area contributed by atoms with Crippen molar-refractivity contribution in [2.45, 2.75) is 29.1 Å². The number of nitrogens with two attached hydrogens (primary N) is 1. The zero-order chi connectivity index (χ0) is 12.5. The van der Waals surface area contributed by atoms with Crippen LogP contribution in [0.3, 0.4) is 0 Å². The molecule has 2 heterocycles. The lowest BCUT2D eigenvalue weighted by atomic mass is 10.7. The van der Waals surface area contributed by atoms with E-state index in [2.05, 4.69) is 25.6 Å². The molecule has 0 unspecified atom stereocenters. The van der Waals surface area contributed by atoms with Gasteiger partial charge in [0.2, 0.25) is 5.95 Å². The maximum Gasteiger partial charge on any atom is 0.344 e. The molecular weight excluding hydrogens is 254 g/mol. The highest BCUT2D eigenvalue weighted by molar-refractivity contribution is 7.99. The quantitative estimate of drug-likeness (QED) is 0.409. The fourth-order valence-electron chi connectivity index (χ4n) is 1.58. The van der Waals surface area contributed by atoms with Crippen LogP contribution in [0, 0.1) is 0 Å². The molecule has 9 heteroatoms. The first-order valence-corrected chi connectivity index (χ1v) is 6.24. The first kappa shape index (κ1) is 11.2. The minimum Gasteiger partial charge on any atom is -0.292 e. The van der Waals surface area contributed by atoms with E-state index in [0.29, 0.717) is 16.1 Å². The Morgan fingerprint density at radius 2 is 2.39 bits per heavy atom. The summed E-state index contributed by atoms with van der Waals surface area (Å²) in [6.45, 7) is 0. The van der Waals surface area contributed by atoms with Crippen molar-refractivity contribution in [3.8, 4) is 0 Å². The number of rotatable bonds is 4. The van der Waals surface area contributed by atoms with Gasteiger partial charge < -0.3 is 0 Å². The van der Waals surface area contributed by atoms with Crippen LogP contribution in [0.1, 0.15) is 18.9 Å². The van der Waals surface area contributed by atoms with Gasteiger partial charge in [0.05, 0.1) is 0 Å². The summed E-state index contributed by atoms with van der Waals surface area (Å²) >= 11 is 1.31. The number of anilines is 1. The average Bonchev–Trinajstić information content (AvgIpc) is 3.15.